The number of benzene rings is 3. The molecule has 3 unspecified atom stereocenters. The maximum Gasteiger partial charge on any atom is 0.244 e. The summed E-state index contributed by atoms with van der Waals surface area (Å²) in [5, 5.41) is 14.9. The number of aryl methyl sites for hydroxylation is 1. The molecule has 4 N–H and O–H groups in total. The molecule has 3 aromatic carbocycles. The summed E-state index contributed by atoms with van der Waals surface area (Å²) in [7, 11) is 0. The number of rotatable bonds is 12. The van der Waals surface area contributed by atoms with Gasteiger partial charge in [0.15, 0.2) is 0 Å². The molecule has 0 bridgehead atoms. The Morgan fingerprint density at radius 1 is 0.878 bits per heavy atom. The minimum atomic E-state index is -0.861. The van der Waals surface area contributed by atoms with Crippen LogP contribution in [0.5, 0.6) is 0 Å². The highest BCUT2D eigenvalue weighted by Crippen LogP contribution is 2.26. The molecule has 3 aromatic rings. The van der Waals surface area contributed by atoms with Crippen molar-refractivity contribution in [3.05, 3.63) is 95.8 Å². The van der Waals surface area contributed by atoms with E-state index < -0.39 is 29.2 Å². The van der Waals surface area contributed by atoms with Crippen molar-refractivity contribution in [1.29, 1.82) is 0 Å². The van der Waals surface area contributed by atoms with Crippen LogP contribution < -0.4 is 16.1 Å². The zero-order valence-corrected chi connectivity index (χ0v) is 24.1. The van der Waals surface area contributed by atoms with Gasteiger partial charge in [-0.05, 0) is 54.4 Å². The lowest BCUT2D eigenvalue weighted by molar-refractivity contribution is -0.137. The van der Waals surface area contributed by atoms with E-state index in [1.54, 1.807) is 11.5 Å². The van der Waals surface area contributed by atoms with Crippen LogP contribution in [-0.2, 0) is 20.8 Å². The van der Waals surface area contributed by atoms with E-state index in [1.165, 1.54) is 6.07 Å². The Morgan fingerprint density at radius 2 is 1.51 bits per heavy atom. The molecule has 0 saturated heterocycles. The molecule has 0 aromatic heterocycles. The largest absolute Gasteiger partial charge is 0.348 e. The van der Waals surface area contributed by atoms with Gasteiger partial charge < -0.3 is 10.6 Å². The third-order valence-corrected chi connectivity index (χ3v) is 7.14. The van der Waals surface area contributed by atoms with Crippen molar-refractivity contribution in [3.8, 4) is 11.1 Å². The second kappa shape index (κ2) is 14.6. The highest BCUT2D eigenvalue weighted by molar-refractivity contribution is 5.91. The fraction of sp³-hybridized carbons (Fsp3) is 0.364. The summed E-state index contributed by atoms with van der Waals surface area (Å²) >= 11 is 0. The van der Waals surface area contributed by atoms with E-state index in [9.17, 15) is 18.8 Å². The zero-order chi connectivity index (χ0) is 30.0. The molecule has 41 heavy (non-hydrogen) atoms. The number of hydroxylamine groups is 1. The van der Waals surface area contributed by atoms with Crippen LogP contribution in [0.15, 0.2) is 78.9 Å². The van der Waals surface area contributed by atoms with Crippen LogP contribution in [0.1, 0.15) is 64.1 Å². The lowest BCUT2D eigenvalue weighted by Gasteiger charge is -2.32. The molecule has 218 valence electrons. The van der Waals surface area contributed by atoms with Crippen LogP contribution in [0.3, 0.4) is 0 Å². The van der Waals surface area contributed by atoms with Crippen molar-refractivity contribution in [2.45, 2.75) is 65.5 Å². The standard InChI is InChI=1S/C33H40FN3O4/c1-22(24-13-7-5-8-14-24)35-32(40)30(33(2,3)4)36-31(39)26(21-29(38)37-41)17-11-12-23-18-19-27(28(34)20-23)25-15-9-6-10-16-25/h5-10,13-16,18-20,22,26,30,41H,11-12,17,21H2,1-4H3,(H,35,40)(H,36,39)(H,37,38). The summed E-state index contributed by atoms with van der Waals surface area (Å²) < 4.78 is 14.8. The summed E-state index contributed by atoms with van der Waals surface area (Å²) in [5.74, 6) is -2.60. The van der Waals surface area contributed by atoms with E-state index in [0.717, 1.165) is 16.7 Å². The Balaban J connectivity index is 1.67. The molecule has 0 aliphatic carbocycles. The normalized spacial score (nSPS) is 13.5. The van der Waals surface area contributed by atoms with Crippen LogP contribution >= 0.6 is 0 Å². The highest BCUT2D eigenvalue weighted by Gasteiger charge is 2.35. The first-order chi connectivity index (χ1) is 19.5. The number of hydrogen-bond acceptors (Lipinski definition) is 4. The van der Waals surface area contributed by atoms with Crippen LogP contribution in [0, 0.1) is 17.2 Å². The first-order valence-corrected chi connectivity index (χ1v) is 13.9. The molecule has 0 spiro atoms. The van der Waals surface area contributed by atoms with E-state index >= 15 is 0 Å². The molecule has 3 amide bonds. The third-order valence-electron chi connectivity index (χ3n) is 7.14. The van der Waals surface area contributed by atoms with Gasteiger partial charge in [0, 0.05) is 17.9 Å². The second-order valence-corrected chi connectivity index (χ2v) is 11.5. The van der Waals surface area contributed by atoms with Crippen molar-refractivity contribution in [3.63, 3.8) is 0 Å². The van der Waals surface area contributed by atoms with Gasteiger partial charge in [-0.25, -0.2) is 9.87 Å². The maximum absolute atomic E-state index is 14.8. The molecule has 0 radical (unpaired) electrons. The summed E-state index contributed by atoms with van der Waals surface area (Å²) in [4.78, 5) is 38.7. The molecular weight excluding hydrogens is 521 g/mol. The van der Waals surface area contributed by atoms with Gasteiger partial charge >= 0.3 is 0 Å². The van der Waals surface area contributed by atoms with Crippen molar-refractivity contribution in [2.24, 2.45) is 11.3 Å². The number of nitrogens with one attached hydrogen (secondary N) is 3. The lowest BCUT2D eigenvalue weighted by Crippen LogP contribution is -2.55. The van der Waals surface area contributed by atoms with Crippen molar-refractivity contribution in [2.75, 3.05) is 0 Å². The van der Waals surface area contributed by atoms with Crippen LogP contribution in [-0.4, -0.2) is 29.0 Å². The van der Waals surface area contributed by atoms with Crippen LogP contribution in [0.4, 0.5) is 4.39 Å². The monoisotopic (exact) mass is 561 g/mol. The van der Waals surface area contributed by atoms with Gasteiger partial charge in [0.1, 0.15) is 11.9 Å². The summed E-state index contributed by atoms with van der Waals surface area (Å²) in [6, 6.07) is 22.8. The minimum Gasteiger partial charge on any atom is -0.348 e. The van der Waals surface area contributed by atoms with Gasteiger partial charge in [-0.15, -0.1) is 0 Å². The van der Waals surface area contributed by atoms with Gasteiger partial charge in [-0.1, -0.05) is 93.6 Å². The fourth-order valence-corrected chi connectivity index (χ4v) is 4.77. The maximum atomic E-state index is 14.8. The third kappa shape index (κ3) is 9.25. The van der Waals surface area contributed by atoms with E-state index in [-0.39, 0.29) is 24.2 Å². The van der Waals surface area contributed by atoms with Gasteiger partial charge in [-0.3, -0.25) is 19.6 Å². The van der Waals surface area contributed by atoms with E-state index in [0.29, 0.717) is 24.8 Å². The number of carbonyl (C=O) groups is 3. The molecule has 7 nitrogen and oxygen atoms in total. The Labute approximate surface area is 241 Å². The molecule has 3 atom stereocenters. The molecular formula is C33H40FN3O4. The molecule has 0 aliphatic heterocycles. The van der Waals surface area contributed by atoms with Gasteiger partial charge in [0.2, 0.25) is 17.7 Å². The Kier molecular flexibility index (Phi) is 11.2. The van der Waals surface area contributed by atoms with E-state index in [2.05, 4.69) is 10.6 Å². The average molecular weight is 562 g/mol. The molecule has 0 saturated carbocycles. The molecule has 3 rings (SSSR count). The Hall–Kier alpha value is -4.04. The predicted octanol–water partition coefficient (Wildman–Crippen LogP) is 5.74. The highest BCUT2D eigenvalue weighted by atomic mass is 19.1. The second-order valence-electron chi connectivity index (χ2n) is 11.5. The van der Waals surface area contributed by atoms with Gasteiger partial charge in [0.25, 0.3) is 0 Å². The number of amides is 3. The van der Waals surface area contributed by atoms with Crippen molar-refractivity contribution >= 4 is 17.7 Å². The number of carbonyl (C=O) groups excluding carboxylic acids is 3. The van der Waals surface area contributed by atoms with E-state index in [1.807, 2.05) is 94.4 Å². The topological polar surface area (TPSA) is 108 Å². The lowest BCUT2D eigenvalue weighted by atomic mass is 9.85. The summed E-state index contributed by atoms with van der Waals surface area (Å²) in [6.07, 6.45) is 1.05. The SMILES string of the molecule is CC(NC(=O)C(NC(=O)C(CCCc1ccc(-c2ccccc2)c(F)c1)CC(=O)NO)C(C)(C)C)c1ccccc1. The van der Waals surface area contributed by atoms with E-state index in [4.69, 9.17) is 5.21 Å². The molecule has 0 fully saturated rings. The van der Waals surface area contributed by atoms with Crippen molar-refractivity contribution < 1.29 is 24.0 Å². The first kappa shape index (κ1) is 31.5. The summed E-state index contributed by atoms with van der Waals surface area (Å²) in [5.41, 5.74) is 3.99. The first-order valence-electron chi connectivity index (χ1n) is 13.9. The fourth-order valence-electron chi connectivity index (χ4n) is 4.77. The number of halogens is 1. The Morgan fingerprint density at radius 3 is 2.10 bits per heavy atom. The quantitative estimate of drug-likeness (QED) is 0.167. The zero-order valence-electron chi connectivity index (χ0n) is 24.1. The molecule has 8 heteroatoms. The van der Waals surface area contributed by atoms with Gasteiger partial charge in [-0.2, -0.15) is 0 Å². The van der Waals surface area contributed by atoms with Crippen molar-refractivity contribution in [1.82, 2.24) is 16.1 Å². The minimum absolute atomic E-state index is 0.247. The average Bonchev–Trinajstić information content (AvgIpc) is 2.95. The molecule has 0 aliphatic rings. The van der Waals surface area contributed by atoms with Crippen LogP contribution in [0.25, 0.3) is 11.1 Å². The Bertz CT molecular complexity index is 1310. The predicted molar refractivity (Wildman–Crippen MR) is 157 cm³/mol. The smallest absolute Gasteiger partial charge is 0.244 e. The van der Waals surface area contributed by atoms with Crippen LogP contribution in [0.2, 0.25) is 0 Å². The summed E-state index contributed by atoms with van der Waals surface area (Å²) in [6.45, 7) is 7.44. The number of hydrogen-bond donors (Lipinski definition) is 4. The van der Waals surface area contributed by atoms with Gasteiger partial charge in [0.05, 0.1) is 6.04 Å². The molecule has 0 heterocycles.